The number of rotatable bonds is 4. The molecule has 0 atom stereocenters. The van der Waals surface area contributed by atoms with E-state index in [-0.39, 0.29) is 10.8 Å². The van der Waals surface area contributed by atoms with Gasteiger partial charge in [0.2, 0.25) is 0 Å². The first-order valence-corrected chi connectivity index (χ1v) is 10.2. The average Bonchev–Trinajstić information content (AvgIpc) is 3.08. The van der Waals surface area contributed by atoms with Crippen LogP contribution in [-0.2, 0) is 9.84 Å². The molecule has 2 aromatic carbocycles. The van der Waals surface area contributed by atoms with Gasteiger partial charge in [-0.1, -0.05) is 6.07 Å². The van der Waals surface area contributed by atoms with Crippen molar-refractivity contribution >= 4 is 27.1 Å². The number of carbonyl (C=O) groups is 1. The lowest BCUT2D eigenvalue weighted by atomic mass is 10.1. The SMILES string of the molecule is Cc1cc(NC(=O)c2cccc(S(C)(=O)=O)c2)ccc1N1CCCC1. The summed E-state index contributed by atoms with van der Waals surface area (Å²) in [7, 11) is -3.34. The van der Waals surface area contributed by atoms with E-state index in [1.54, 1.807) is 12.1 Å². The summed E-state index contributed by atoms with van der Waals surface area (Å²) in [5.41, 5.74) is 3.35. The number of sulfone groups is 1. The Morgan fingerprint density at radius 2 is 1.80 bits per heavy atom. The molecular weight excluding hydrogens is 336 g/mol. The molecule has 3 rings (SSSR count). The monoisotopic (exact) mass is 358 g/mol. The van der Waals surface area contributed by atoms with E-state index in [1.807, 2.05) is 25.1 Å². The summed E-state index contributed by atoms with van der Waals surface area (Å²) in [5, 5.41) is 2.84. The van der Waals surface area contributed by atoms with E-state index < -0.39 is 9.84 Å². The van der Waals surface area contributed by atoms with Gasteiger partial charge < -0.3 is 10.2 Å². The molecule has 1 heterocycles. The number of hydrogen-bond acceptors (Lipinski definition) is 4. The number of hydrogen-bond donors (Lipinski definition) is 1. The lowest BCUT2D eigenvalue weighted by molar-refractivity contribution is 0.102. The molecule has 1 aliphatic rings. The van der Waals surface area contributed by atoms with Gasteiger partial charge in [-0.25, -0.2) is 8.42 Å². The van der Waals surface area contributed by atoms with Crippen LogP contribution in [0.15, 0.2) is 47.4 Å². The highest BCUT2D eigenvalue weighted by Gasteiger charge is 2.15. The number of nitrogens with zero attached hydrogens (tertiary/aromatic N) is 1. The standard InChI is InChI=1S/C19H22N2O3S/c1-14-12-16(8-9-18(14)21-10-3-4-11-21)20-19(22)15-6-5-7-17(13-15)25(2,23)24/h5-9,12-13H,3-4,10-11H2,1-2H3,(H,20,22). The van der Waals surface area contributed by atoms with Gasteiger partial charge in [-0.3, -0.25) is 4.79 Å². The largest absolute Gasteiger partial charge is 0.371 e. The summed E-state index contributed by atoms with van der Waals surface area (Å²) >= 11 is 0. The number of aryl methyl sites for hydroxylation is 1. The van der Waals surface area contributed by atoms with Crippen molar-refractivity contribution in [2.45, 2.75) is 24.7 Å². The minimum absolute atomic E-state index is 0.140. The molecule has 25 heavy (non-hydrogen) atoms. The van der Waals surface area contributed by atoms with Crippen molar-refractivity contribution in [2.75, 3.05) is 29.6 Å². The van der Waals surface area contributed by atoms with Crippen LogP contribution in [0.5, 0.6) is 0 Å². The zero-order valence-electron chi connectivity index (χ0n) is 14.5. The summed E-state index contributed by atoms with van der Waals surface area (Å²) in [5.74, 6) is -0.321. The number of benzene rings is 2. The van der Waals surface area contributed by atoms with E-state index in [0.717, 1.165) is 24.9 Å². The van der Waals surface area contributed by atoms with Gasteiger partial charge in [0, 0.05) is 36.3 Å². The zero-order chi connectivity index (χ0) is 18.0. The fraction of sp³-hybridized carbons (Fsp3) is 0.316. The second-order valence-electron chi connectivity index (χ2n) is 6.45. The highest BCUT2D eigenvalue weighted by molar-refractivity contribution is 7.90. The Kier molecular flexibility index (Phi) is 4.81. The molecule has 5 nitrogen and oxygen atoms in total. The predicted molar refractivity (Wildman–Crippen MR) is 100 cm³/mol. The smallest absolute Gasteiger partial charge is 0.255 e. The molecule has 1 amide bonds. The van der Waals surface area contributed by atoms with Gasteiger partial charge >= 0.3 is 0 Å². The van der Waals surface area contributed by atoms with Crippen molar-refractivity contribution in [1.29, 1.82) is 0 Å². The second kappa shape index (κ2) is 6.88. The first-order chi connectivity index (χ1) is 11.8. The molecule has 0 bridgehead atoms. The normalized spacial score (nSPS) is 14.6. The van der Waals surface area contributed by atoms with Crippen LogP contribution in [0.4, 0.5) is 11.4 Å². The molecule has 0 saturated carbocycles. The van der Waals surface area contributed by atoms with Crippen LogP contribution in [0.2, 0.25) is 0 Å². The first-order valence-electron chi connectivity index (χ1n) is 8.32. The summed E-state index contributed by atoms with van der Waals surface area (Å²) in [6, 6.07) is 11.9. The molecule has 0 aliphatic carbocycles. The van der Waals surface area contributed by atoms with Crippen molar-refractivity contribution in [3.8, 4) is 0 Å². The molecule has 0 unspecified atom stereocenters. The Morgan fingerprint density at radius 1 is 1.08 bits per heavy atom. The minimum atomic E-state index is -3.34. The number of amides is 1. The third-order valence-electron chi connectivity index (χ3n) is 4.43. The van der Waals surface area contributed by atoms with Crippen LogP contribution in [0.3, 0.4) is 0 Å². The van der Waals surface area contributed by atoms with E-state index in [4.69, 9.17) is 0 Å². The van der Waals surface area contributed by atoms with Crippen LogP contribution in [0.25, 0.3) is 0 Å². The number of nitrogens with one attached hydrogen (secondary N) is 1. The summed E-state index contributed by atoms with van der Waals surface area (Å²) < 4.78 is 23.3. The van der Waals surface area contributed by atoms with Crippen LogP contribution in [0.1, 0.15) is 28.8 Å². The molecule has 1 saturated heterocycles. The van der Waals surface area contributed by atoms with Gasteiger partial charge in [-0.15, -0.1) is 0 Å². The van der Waals surface area contributed by atoms with Gasteiger partial charge in [0.15, 0.2) is 9.84 Å². The first kappa shape index (κ1) is 17.5. The molecule has 132 valence electrons. The van der Waals surface area contributed by atoms with Gasteiger partial charge in [-0.05, 0) is 61.7 Å². The predicted octanol–water partition coefficient (Wildman–Crippen LogP) is 3.25. The van der Waals surface area contributed by atoms with Crippen molar-refractivity contribution in [3.05, 3.63) is 53.6 Å². The number of carbonyl (C=O) groups excluding carboxylic acids is 1. The van der Waals surface area contributed by atoms with Gasteiger partial charge in [0.05, 0.1) is 4.90 Å². The third kappa shape index (κ3) is 4.02. The maximum atomic E-state index is 12.4. The fourth-order valence-electron chi connectivity index (χ4n) is 3.12. The van der Waals surface area contributed by atoms with Gasteiger partial charge in [-0.2, -0.15) is 0 Å². The lowest BCUT2D eigenvalue weighted by Crippen LogP contribution is -2.19. The molecule has 0 aromatic heterocycles. The molecule has 2 aromatic rings. The van der Waals surface area contributed by atoms with Crippen LogP contribution >= 0.6 is 0 Å². The Morgan fingerprint density at radius 3 is 2.44 bits per heavy atom. The molecule has 1 aliphatic heterocycles. The number of anilines is 2. The summed E-state index contributed by atoms with van der Waals surface area (Å²) in [6.45, 7) is 4.18. The second-order valence-corrected chi connectivity index (χ2v) is 8.47. The van der Waals surface area contributed by atoms with E-state index in [9.17, 15) is 13.2 Å². The third-order valence-corrected chi connectivity index (χ3v) is 5.54. The van der Waals surface area contributed by atoms with Gasteiger partial charge in [0.25, 0.3) is 5.91 Å². The Labute approximate surface area is 148 Å². The van der Waals surface area contributed by atoms with E-state index in [1.165, 1.54) is 30.7 Å². The summed E-state index contributed by atoms with van der Waals surface area (Å²) in [6.07, 6.45) is 3.56. The Bertz CT molecular complexity index is 901. The fourth-order valence-corrected chi connectivity index (χ4v) is 3.78. The van der Waals surface area contributed by atoms with E-state index in [0.29, 0.717) is 11.3 Å². The minimum Gasteiger partial charge on any atom is -0.371 e. The molecule has 1 N–H and O–H groups in total. The topological polar surface area (TPSA) is 66.5 Å². The maximum Gasteiger partial charge on any atom is 0.255 e. The zero-order valence-corrected chi connectivity index (χ0v) is 15.3. The van der Waals surface area contributed by atoms with Crippen molar-refractivity contribution in [2.24, 2.45) is 0 Å². The summed E-state index contributed by atoms with van der Waals surface area (Å²) in [4.78, 5) is 14.9. The molecule has 0 spiro atoms. The highest BCUT2D eigenvalue weighted by atomic mass is 32.2. The molecule has 1 fully saturated rings. The Hall–Kier alpha value is -2.34. The van der Waals surface area contributed by atoms with E-state index >= 15 is 0 Å². The lowest BCUT2D eigenvalue weighted by Gasteiger charge is -2.20. The average molecular weight is 358 g/mol. The van der Waals surface area contributed by atoms with Crippen LogP contribution in [-0.4, -0.2) is 33.7 Å². The van der Waals surface area contributed by atoms with Crippen LogP contribution in [0, 0.1) is 6.92 Å². The molecule has 6 heteroatoms. The quantitative estimate of drug-likeness (QED) is 0.911. The Balaban J connectivity index is 1.78. The van der Waals surface area contributed by atoms with Crippen molar-refractivity contribution in [3.63, 3.8) is 0 Å². The maximum absolute atomic E-state index is 12.4. The van der Waals surface area contributed by atoms with Crippen LogP contribution < -0.4 is 10.2 Å². The molecular formula is C19H22N2O3S. The molecule has 0 radical (unpaired) electrons. The van der Waals surface area contributed by atoms with Gasteiger partial charge in [0.1, 0.15) is 0 Å². The van der Waals surface area contributed by atoms with E-state index in [2.05, 4.69) is 10.2 Å². The van der Waals surface area contributed by atoms with Crippen molar-refractivity contribution < 1.29 is 13.2 Å². The highest BCUT2D eigenvalue weighted by Crippen LogP contribution is 2.27. The van der Waals surface area contributed by atoms with Crippen molar-refractivity contribution in [1.82, 2.24) is 0 Å².